The van der Waals surface area contributed by atoms with Crippen LogP contribution in [0.3, 0.4) is 0 Å². The Kier molecular flexibility index (Phi) is 14.9. The average molecular weight is 880 g/mol. The van der Waals surface area contributed by atoms with Crippen molar-refractivity contribution >= 4 is 40.4 Å². The molecule has 0 saturated carbocycles. The van der Waals surface area contributed by atoms with Gasteiger partial charge in [0, 0.05) is 34.9 Å². The Morgan fingerprint density at radius 1 is 1.05 bits per heavy atom. The number of likely N-dealkylation sites (N-methyl/N-ethyl adjacent to an activating group) is 1. The maximum absolute atomic E-state index is 14.6. The number of aliphatic hydroxyl groups excluding tert-OH is 1. The van der Waals surface area contributed by atoms with E-state index in [0.29, 0.717) is 17.8 Å². The monoisotopic (exact) mass is 879 g/mol. The minimum atomic E-state index is -1.85. The van der Waals surface area contributed by atoms with Crippen molar-refractivity contribution in [3.05, 3.63) is 40.9 Å². The number of thiophene rings is 1. The highest BCUT2D eigenvalue weighted by Gasteiger charge is 2.53. The van der Waals surface area contributed by atoms with Gasteiger partial charge < -0.3 is 43.6 Å². The molecule has 4 aliphatic heterocycles. The maximum atomic E-state index is 14.6. The molecule has 1 unspecified atom stereocenters. The molecule has 1 amide bonds. The van der Waals surface area contributed by atoms with E-state index < -0.39 is 89.3 Å². The van der Waals surface area contributed by atoms with Crippen molar-refractivity contribution in [2.45, 2.75) is 141 Å². The molecular formula is C45H61N5O11S. The van der Waals surface area contributed by atoms with E-state index in [1.54, 1.807) is 32.9 Å². The normalized spacial score (nSPS) is 38.4. The largest absolute Gasteiger partial charge is 0.459 e. The molecule has 6 heterocycles. The number of hydrogen-bond donors (Lipinski definition) is 2. The lowest BCUT2D eigenvalue weighted by Gasteiger charge is -2.47. The van der Waals surface area contributed by atoms with Crippen LogP contribution >= 0.6 is 11.3 Å². The lowest BCUT2D eigenvalue weighted by Crippen LogP contribution is -2.60. The second-order valence-electron chi connectivity index (χ2n) is 17.9. The predicted molar refractivity (Wildman–Crippen MR) is 229 cm³/mol. The summed E-state index contributed by atoms with van der Waals surface area (Å²) in [5.74, 6) is -5.56. The second-order valence-corrected chi connectivity index (χ2v) is 19.1. The first-order valence-corrected chi connectivity index (χ1v) is 22.3. The van der Waals surface area contributed by atoms with Crippen LogP contribution in [0.25, 0.3) is 10.6 Å². The summed E-state index contributed by atoms with van der Waals surface area (Å²) in [7, 11) is 3.73. The number of ether oxygens (including phenoxy) is 5. The smallest absolute Gasteiger partial charge is 0.316 e. The van der Waals surface area contributed by atoms with Crippen molar-refractivity contribution in [2.24, 2.45) is 33.8 Å². The number of nitriles is 1. The van der Waals surface area contributed by atoms with E-state index in [0.717, 1.165) is 9.75 Å². The van der Waals surface area contributed by atoms with Crippen LogP contribution in [0.5, 0.6) is 0 Å². The fraction of sp³-hybridized carbons (Fsp3) is 0.667. The van der Waals surface area contributed by atoms with E-state index in [1.165, 1.54) is 25.2 Å². The number of ketones is 1. The van der Waals surface area contributed by atoms with Crippen LogP contribution in [-0.4, -0.2) is 137 Å². The van der Waals surface area contributed by atoms with E-state index >= 15 is 0 Å². The third-order valence-corrected chi connectivity index (χ3v) is 14.0. The lowest BCUT2D eigenvalue weighted by atomic mass is 9.73. The van der Waals surface area contributed by atoms with Crippen LogP contribution in [0, 0.1) is 35.0 Å². The van der Waals surface area contributed by atoms with Gasteiger partial charge in [0.15, 0.2) is 12.1 Å². The SMILES string of the molecule is CC[C@H]1OC(=O)[C@H](C)C(=O)[C@H](C)[C@@H](O[C@@H]2O[C@H](C)C[C@H](N(C)C)[C@H]2O)[C@@]2(C)C[C@@H](C)C3=NC(=O)C(Cc4ccc(-c5cccc(C#N)n5)s4)O/N=C(/CO[C@H]([C@H]3C)[C@]1(C)O)CO2. The minimum absolute atomic E-state index is 0.107. The highest BCUT2D eigenvalue weighted by atomic mass is 32.1. The zero-order valence-corrected chi connectivity index (χ0v) is 38.1. The van der Waals surface area contributed by atoms with E-state index in [1.807, 2.05) is 58.0 Å². The molecule has 4 aliphatic rings. The molecule has 0 aromatic carbocycles. The molecule has 3 saturated heterocycles. The Morgan fingerprint density at radius 2 is 1.79 bits per heavy atom. The van der Waals surface area contributed by atoms with Gasteiger partial charge in [-0.15, -0.1) is 11.3 Å². The van der Waals surface area contributed by atoms with Crippen molar-refractivity contribution in [1.29, 1.82) is 5.26 Å². The lowest BCUT2D eigenvalue weighted by molar-refractivity contribution is -0.296. The first-order chi connectivity index (χ1) is 29.3. The first-order valence-electron chi connectivity index (χ1n) is 21.5. The Labute approximate surface area is 367 Å². The molecule has 17 heteroatoms. The highest BCUT2D eigenvalue weighted by Crippen LogP contribution is 2.40. The Morgan fingerprint density at radius 3 is 2.48 bits per heavy atom. The summed E-state index contributed by atoms with van der Waals surface area (Å²) < 4.78 is 32.5. The van der Waals surface area contributed by atoms with Crippen molar-refractivity contribution < 1.29 is 53.1 Å². The Balaban J connectivity index is 1.47. The predicted octanol–water partition coefficient (Wildman–Crippen LogP) is 4.52. The zero-order chi connectivity index (χ0) is 45.3. The quantitative estimate of drug-likeness (QED) is 0.289. The molecule has 14 atom stereocenters. The molecule has 2 N–H and O–H groups in total. The number of aliphatic hydroxyl groups is 2. The molecular weight excluding hydrogens is 819 g/mol. The Bertz CT molecular complexity index is 2070. The number of Topliss-reactive ketones (excluding diaryl/α,β-unsaturated/α-hetero) is 1. The summed E-state index contributed by atoms with van der Waals surface area (Å²) >= 11 is 1.40. The number of esters is 1. The summed E-state index contributed by atoms with van der Waals surface area (Å²) in [6.07, 6.45) is -6.18. The van der Waals surface area contributed by atoms with Crippen LogP contribution in [0.4, 0.5) is 0 Å². The van der Waals surface area contributed by atoms with Gasteiger partial charge in [-0.25, -0.2) is 9.98 Å². The van der Waals surface area contributed by atoms with Gasteiger partial charge in [-0.3, -0.25) is 14.4 Å². The molecule has 0 spiro atoms. The number of cyclic esters (lactones) is 1. The fourth-order valence-corrected chi connectivity index (χ4v) is 10.4. The van der Waals surface area contributed by atoms with Crippen molar-refractivity contribution in [3.63, 3.8) is 0 Å². The number of oxime groups is 1. The van der Waals surface area contributed by atoms with Gasteiger partial charge in [-0.2, -0.15) is 5.26 Å². The molecule has 16 nitrogen and oxygen atoms in total. The number of amides is 1. The molecule has 2 aromatic rings. The van der Waals surface area contributed by atoms with Crippen LogP contribution < -0.4 is 0 Å². The van der Waals surface area contributed by atoms with Crippen molar-refractivity contribution in [2.75, 3.05) is 27.3 Å². The number of carbonyl (C=O) groups excluding carboxylic acids is 3. The van der Waals surface area contributed by atoms with E-state index in [9.17, 15) is 29.9 Å². The van der Waals surface area contributed by atoms with Crippen LogP contribution in [-0.2, 0) is 49.3 Å². The summed E-state index contributed by atoms with van der Waals surface area (Å²) in [5.41, 5.74) is -1.75. The number of carbonyl (C=O) groups is 3. The van der Waals surface area contributed by atoms with E-state index in [4.69, 9.17) is 33.5 Å². The molecule has 0 aliphatic carbocycles. The highest BCUT2D eigenvalue weighted by molar-refractivity contribution is 7.15. The van der Waals surface area contributed by atoms with Gasteiger partial charge in [-0.1, -0.05) is 38.9 Å². The van der Waals surface area contributed by atoms with Gasteiger partial charge in [-0.05, 0) is 91.2 Å². The van der Waals surface area contributed by atoms with Crippen molar-refractivity contribution in [3.8, 4) is 16.6 Å². The summed E-state index contributed by atoms with van der Waals surface area (Å²) in [6.45, 7) is 13.4. The van der Waals surface area contributed by atoms with E-state index in [-0.39, 0.29) is 56.0 Å². The second kappa shape index (κ2) is 19.4. The summed E-state index contributed by atoms with van der Waals surface area (Å²) in [5, 5.41) is 38.0. The minimum Gasteiger partial charge on any atom is -0.459 e. The third kappa shape index (κ3) is 10.0. The fourth-order valence-electron chi connectivity index (χ4n) is 9.37. The number of rotatable bonds is 7. The Hall–Kier alpha value is -3.99. The topological polar surface area (TPSA) is 212 Å². The van der Waals surface area contributed by atoms with Crippen LogP contribution in [0.15, 0.2) is 40.5 Å². The van der Waals surface area contributed by atoms with Gasteiger partial charge in [0.1, 0.15) is 41.2 Å². The first kappa shape index (κ1) is 47.5. The molecule has 4 bridgehead atoms. The van der Waals surface area contributed by atoms with Gasteiger partial charge in [0.05, 0.1) is 47.7 Å². The number of aromatic nitrogens is 1. The number of pyridine rings is 1. The molecule has 0 radical (unpaired) electrons. The van der Waals surface area contributed by atoms with Crippen LogP contribution in [0.2, 0.25) is 0 Å². The number of nitrogens with zero attached hydrogens (tertiary/aromatic N) is 5. The molecule has 6 rings (SSSR count). The summed E-state index contributed by atoms with van der Waals surface area (Å²) in [6, 6.07) is 10.7. The van der Waals surface area contributed by atoms with Gasteiger partial charge >= 0.3 is 5.97 Å². The maximum Gasteiger partial charge on any atom is 0.316 e. The van der Waals surface area contributed by atoms with E-state index in [2.05, 4.69) is 16.2 Å². The zero-order valence-electron chi connectivity index (χ0n) is 37.3. The number of aliphatic imine (C=N–C) groups is 1. The molecule has 3 fully saturated rings. The van der Waals surface area contributed by atoms with Crippen LogP contribution in [0.1, 0.15) is 85.2 Å². The summed E-state index contributed by atoms with van der Waals surface area (Å²) in [4.78, 5) is 61.7. The third-order valence-electron chi connectivity index (χ3n) is 12.8. The van der Waals surface area contributed by atoms with Gasteiger partial charge in [0.25, 0.3) is 5.91 Å². The average Bonchev–Trinajstić information content (AvgIpc) is 3.70. The van der Waals surface area contributed by atoms with Crippen molar-refractivity contribution in [1.82, 2.24) is 9.88 Å². The standard InChI is InChI=1S/C45H61N5O11S/c1-11-35-45(8,55)40-25(4)36-23(2)19-44(7,39(26(5)37(51)27(6)42(54)59-35)60-43-38(52)32(50(9)10)17-24(3)58-43)57-22-29(21-56-40)49-61-33(41(53)48-36)18-30-15-16-34(62-30)31-14-12-13-28(20-46)47-31/h12-16,23-27,32-33,35,38-40,43,52,55H,11,17-19,21-22H2,1-10H3/b48-36?,49-29-/t23-,24-,25+,26+,27-,32+,33?,35-,38-,39-,40-,43+,44-,45-/m1/s1. The molecule has 338 valence electrons. The van der Waals surface area contributed by atoms with Gasteiger partial charge in [0.2, 0.25) is 6.10 Å². The number of hydrogen-bond acceptors (Lipinski definition) is 16. The molecule has 2 aromatic heterocycles. The number of fused-ring (bicyclic) bond motifs is 4. The molecule has 62 heavy (non-hydrogen) atoms.